The Bertz CT molecular complexity index is 801. The lowest BCUT2D eigenvalue weighted by Gasteiger charge is -2.24. The molecule has 5 nitrogen and oxygen atoms in total. The first-order valence-electron chi connectivity index (χ1n) is 8.99. The van der Waals surface area contributed by atoms with Crippen LogP contribution in [0.15, 0.2) is 24.3 Å². The summed E-state index contributed by atoms with van der Waals surface area (Å²) in [4.78, 5) is 28.6. The van der Waals surface area contributed by atoms with Gasteiger partial charge in [-0.3, -0.25) is 14.6 Å². The van der Waals surface area contributed by atoms with Crippen molar-refractivity contribution in [3.63, 3.8) is 0 Å². The average molecular weight is 339 g/mol. The molecule has 1 heterocycles. The van der Waals surface area contributed by atoms with Crippen molar-refractivity contribution in [3.8, 4) is 0 Å². The van der Waals surface area contributed by atoms with Crippen LogP contribution in [0, 0.1) is 5.92 Å². The molecule has 1 unspecified atom stereocenters. The third kappa shape index (κ3) is 3.98. The Balaban J connectivity index is 1.84. The van der Waals surface area contributed by atoms with Crippen molar-refractivity contribution >= 4 is 22.7 Å². The molecule has 1 atom stereocenters. The van der Waals surface area contributed by atoms with Gasteiger partial charge in [0.05, 0.1) is 11.1 Å². The minimum absolute atomic E-state index is 0.0354. The van der Waals surface area contributed by atoms with Crippen LogP contribution in [0.25, 0.3) is 10.9 Å². The summed E-state index contributed by atoms with van der Waals surface area (Å²) in [6.45, 7) is 4.84. The molecule has 0 spiro atoms. The standard InChI is InChI=1S/C20H25N3O2/c1-13-8-9-18-16(12-13)19(15-6-3-4-7-17(15)23-18)20(25)22-11-5-10-21-14(2)24/h3-4,6-7,13H,5,8-12H2,1-2H3,(H,21,24)(H,22,25). The summed E-state index contributed by atoms with van der Waals surface area (Å²) in [6.07, 6.45) is 3.68. The SMILES string of the molecule is CC(=O)NCCCNC(=O)c1c2c(nc3ccccc13)CCC(C)C2. The van der Waals surface area contributed by atoms with Gasteiger partial charge in [-0.15, -0.1) is 0 Å². The van der Waals surface area contributed by atoms with E-state index in [4.69, 9.17) is 4.98 Å². The molecule has 0 fully saturated rings. The van der Waals surface area contributed by atoms with E-state index in [1.54, 1.807) is 0 Å². The number of nitrogens with one attached hydrogen (secondary N) is 2. The normalized spacial score (nSPS) is 16.3. The van der Waals surface area contributed by atoms with Crippen LogP contribution in [0.1, 0.15) is 48.3 Å². The molecule has 1 aromatic carbocycles. The molecule has 1 aliphatic carbocycles. The Morgan fingerprint density at radius 1 is 1.20 bits per heavy atom. The molecule has 0 saturated carbocycles. The monoisotopic (exact) mass is 339 g/mol. The minimum Gasteiger partial charge on any atom is -0.356 e. The van der Waals surface area contributed by atoms with E-state index in [2.05, 4.69) is 17.6 Å². The van der Waals surface area contributed by atoms with Crippen LogP contribution in [-0.4, -0.2) is 29.9 Å². The second-order valence-electron chi connectivity index (χ2n) is 6.87. The molecule has 25 heavy (non-hydrogen) atoms. The van der Waals surface area contributed by atoms with E-state index in [1.165, 1.54) is 6.92 Å². The smallest absolute Gasteiger partial charge is 0.252 e. The predicted molar refractivity (Wildman–Crippen MR) is 98.6 cm³/mol. The average Bonchev–Trinajstić information content (AvgIpc) is 2.59. The zero-order valence-electron chi connectivity index (χ0n) is 14.9. The molecule has 0 bridgehead atoms. The number of carbonyl (C=O) groups is 2. The first kappa shape index (κ1) is 17.4. The molecule has 3 rings (SSSR count). The van der Waals surface area contributed by atoms with Crippen LogP contribution < -0.4 is 10.6 Å². The first-order valence-corrected chi connectivity index (χ1v) is 8.99. The molecule has 2 amide bonds. The van der Waals surface area contributed by atoms with Gasteiger partial charge >= 0.3 is 0 Å². The van der Waals surface area contributed by atoms with Crippen molar-refractivity contribution in [2.45, 2.75) is 39.5 Å². The van der Waals surface area contributed by atoms with E-state index >= 15 is 0 Å². The van der Waals surface area contributed by atoms with Crippen molar-refractivity contribution in [1.82, 2.24) is 15.6 Å². The second-order valence-corrected chi connectivity index (χ2v) is 6.87. The number of amides is 2. The lowest BCUT2D eigenvalue weighted by atomic mass is 9.84. The summed E-state index contributed by atoms with van der Waals surface area (Å²) in [5.74, 6) is 0.489. The highest BCUT2D eigenvalue weighted by atomic mass is 16.2. The minimum atomic E-state index is -0.0467. The fraction of sp³-hybridized carbons (Fsp3) is 0.450. The van der Waals surface area contributed by atoms with Crippen LogP contribution in [0.3, 0.4) is 0 Å². The number of hydrogen-bond donors (Lipinski definition) is 2. The molecule has 0 saturated heterocycles. The first-order chi connectivity index (χ1) is 12.1. The van der Waals surface area contributed by atoms with Gasteiger partial charge in [0.2, 0.25) is 5.91 Å². The van der Waals surface area contributed by atoms with Crippen LogP contribution in [-0.2, 0) is 17.6 Å². The maximum absolute atomic E-state index is 12.9. The molecule has 0 aliphatic heterocycles. The predicted octanol–water partition coefficient (Wildman–Crippen LogP) is 2.62. The molecular weight excluding hydrogens is 314 g/mol. The van der Waals surface area contributed by atoms with E-state index in [0.717, 1.165) is 47.0 Å². The van der Waals surface area contributed by atoms with Crippen molar-refractivity contribution < 1.29 is 9.59 Å². The van der Waals surface area contributed by atoms with Gasteiger partial charge in [-0.2, -0.15) is 0 Å². The number of pyridine rings is 1. The van der Waals surface area contributed by atoms with Crippen LogP contribution in [0.4, 0.5) is 0 Å². The number of carbonyl (C=O) groups excluding carboxylic acids is 2. The van der Waals surface area contributed by atoms with Crippen LogP contribution in [0.2, 0.25) is 0 Å². The van der Waals surface area contributed by atoms with Crippen molar-refractivity contribution in [3.05, 3.63) is 41.1 Å². The Kier molecular flexibility index (Phi) is 5.31. The van der Waals surface area contributed by atoms with Gasteiger partial charge in [0.15, 0.2) is 0 Å². The number of aromatic nitrogens is 1. The number of fused-ring (bicyclic) bond motifs is 2. The molecular formula is C20H25N3O2. The zero-order valence-corrected chi connectivity index (χ0v) is 14.9. The van der Waals surface area contributed by atoms with E-state index in [9.17, 15) is 9.59 Å². The summed E-state index contributed by atoms with van der Waals surface area (Å²) < 4.78 is 0. The Hall–Kier alpha value is -2.43. The molecule has 1 aliphatic rings. The molecule has 132 valence electrons. The van der Waals surface area contributed by atoms with E-state index in [1.807, 2.05) is 24.3 Å². The highest BCUT2D eigenvalue weighted by Crippen LogP contribution is 2.31. The Morgan fingerprint density at radius 2 is 1.96 bits per heavy atom. The van der Waals surface area contributed by atoms with Crippen molar-refractivity contribution in [2.75, 3.05) is 13.1 Å². The summed E-state index contributed by atoms with van der Waals surface area (Å²) in [5.41, 5.74) is 3.85. The van der Waals surface area contributed by atoms with Gasteiger partial charge in [-0.05, 0) is 43.2 Å². The zero-order chi connectivity index (χ0) is 17.8. The lowest BCUT2D eigenvalue weighted by molar-refractivity contribution is -0.118. The van der Waals surface area contributed by atoms with Gasteiger partial charge in [-0.1, -0.05) is 25.1 Å². The number of hydrogen-bond acceptors (Lipinski definition) is 3. The second kappa shape index (κ2) is 7.64. The lowest BCUT2D eigenvalue weighted by Crippen LogP contribution is -2.30. The number of benzene rings is 1. The van der Waals surface area contributed by atoms with Crippen molar-refractivity contribution in [2.24, 2.45) is 5.92 Å². The molecule has 1 aromatic heterocycles. The number of nitrogens with zero attached hydrogens (tertiary/aromatic N) is 1. The Morgan fingerprint density at radius 3 is 2.76 bits per heavy atom. The molecule has 2 aromatic rings. The summed E-state index contributed by atoms with van der Waals surface area (Å²) in [7, 11) is 0. The van der Waals surface area contributed by atoms with E-state index in [-0.39, 0.29) is 11.8 Å². The van der Waals surface area contributed by atoms with E-state index < -0.39 is 0 Å². The number of rotatable bonds is 5. The van der Waals surface area contributed by atoms with Crippen molar-refractivity contribution in [1.29, 1.82) is 0 Å². The fourth-order valence-electron chi connectivity index (χ4n) is 3.47. The Labute approximate surface area is 148 Å². The third-order valence-electron chi connectivity index (χ3n) is 4.75. The summed E-state index contributed by atoms with van der Waals surface area (Å²) in [6, 6.07) is 7.87. The van der Waals surface area contributed by atoms with Gasteiger partial charge in [0, 0.05) is 31.1 Å². The van der Waals surface area contributed by atoms with Gasteiger partial charge in [-0.25, -0.2) is 0 Å². The van der Waals surface area contributed by atoms with Gasteiger partial charge in [0.1, 0.15) is 0 Å². The van der Waals surface area contributed by atoms with Crippen LogP contribution in [0.5, 0.6) is 0 Å². The molecule has 5 heteroatoms. The van der Waals surface area contributed by atoms with Gasteiger partial charge in [0.25, 0.3) is 5.91 Å². The largest absolute Gasteiger partial charge is 0.356 e. The molecule has 0 radical (unpaired) electrons. The van der Waals surface area contributed by atoms with Crippen LogP contribution >= 0.6 is 0 Å². The summed E-state index contributed by atoms with van der Waals surface area (Å²) in [5, 5.41) is 6.68. The topological polar surface area (TPSA) is 71.1 Å². The van der Waals surface area contributed by atoms with E-state index in [0.29, 0.717) is 25.4 Å². The maximum Gasteiger partial charge on any atom is 0.252 e. The third-order valence-corrected chi connectivity index (χ3v) is 4.75. The number of aryl methyl sites for hydroxylation is 1. The number of para-hydroxylation sites is 1. The maximum atomic E-state index is 12.9. The highest BCUT2D eigenvalue weighted by Gasteiger charge is 2.24. The molecule has 2 N–H and O–H groups in total. The fourth-order valence-corrected chi connectivity index (χ4v) is 3.47. The quantitative estimate of drug-likeness (QED) is 0.823. The summed E-state index contributed by atoms with van der Waals surface area (Å²) >= 11 is 0. The highest BCUT2D eigenvalue weighted by molar-refractivity contribution is 6.07. The van der Waals surface area contributed by atoms with Gasteiger partial charge < -0.3 is 10.6 Å².